The fraction of sp³-hybridized carbons (Fsp3) is 1.00. The lowest BCUT2D eigenvalue weighted by atomic mass is 10.1. The summed E-state index contributed by atoms with van der Waals surface area (Å²) in [5, 5.41) is 3.64. The molecule has 2 fully saturated rings. The Morgan fingerprint density at radius 1 is 1.55 bits per heavy atom. The van der Waals surface area contributed by atoms with E-state index in [1.807, 2.05) is 11.8 Å². The van der Waals surface area contributed by atoms with Crippen LogP contribution in [0.25, 0.3) is 0 Å². The lowest BCUT2D eigenvalue weighted by molar-refractivity contribution is 0.340. The summed E-state index contributed by atoms with van der Waals surface area (Å²) in [6, 6.07) is 0.729. The fourth-order valence-corrected chi connectivity index (χ4v) is 2.97. The highest BCUT2D eigenvalue weighted by Gasteiger charge is 2.35. The van der Waals surface area contributed by atoms with E-state index < -0.39 is 0 Å². The summed E-state index contributed by atoms with van der Waals surface area (Å²) in [5.74, 6) is 2.09. The van der Waals surface area contributed by atoms with Gasteiger partial charge in [-0.2, -0.15) is 0 Å². The Morgan fingerprint density at radius 3 is 3.00 bits per heavy atom. The van der Waals surface area contributed by atoms with E-state index in [-0.39, 0.29) is 0 Å². The van der Waals surface area contributed by atoms with Crippen molar-refractivity contribution in [3.05, 3.63) is 0 Å². The molecule has 11 heavy (non-hydrogen) atoms. The summed E-state index contributed by atoms with van der Waals surface area (Å²) < 4.78 is 0. The van der Waals surface area contributed by atoms with Crippen molar-refractivity contribution >= 4 is 11.8 Å². The highest BCUT2D eigenvalue weighted by atomic mass is 32.2. The van der Waals surface area contributed by atoms with E-state index in [0.29, 0.717) is 5.50 Å². The maximum Gasteiger partial charge on any atom is 0.108 e. The van der Waals surface area contributed by atoms with E-state index in [2.05, 4.69) is 24.1 Å². The molecular weight excluding hydrogens is 156 g/mol. The van der Waals surface area contributed by atoms with Crippen molar-refractivity contribution in [2.75, 3.05) is 18.8 Å². The molecule has 2 nitrogen and oxygen atoms in total. The molecule has 0 spiro atoms. The van der Waals surface area contributed by atoms with Crippen molar-refractivity contribution in [2.45, 2.75) is 25.4 Å². The zero-order chi connectivity index (χ0) is 7.84. The SMILES string of the molecule is CC(C)C1CN2CCSC2N1. The van der Waals surface area contributed by atoms with Gasteiger partial charge in [-0.05, 0) is 5.92 Å². The normalized spacial score (nSPS) is 38.5. The second-order valence-corrected chi connectivity index (χ2v) is 4.92. The van der Waals surface area contributed by atoms with Gasteiger partial charge in [0.05, 0.1) is 0 Å². The maximum absolute atomic E-state index is 3.64. The van der Waals surface area contributed by atoms with Gasteiger partial charge in [-0.3, -0.25) is 10.2 Å². The van der Waals surface area contributed by atoms with Crippen LogP contribution in [0.2, 0.25) is 0 Å². The molecule has 0 aromatic carbocycles. The number of hydrogen-bond acceptors (Lipinski definition) is 3. The molecule has 0 aromatic rings. The van der Waals surface area contributed by atoms with Crippen molar-refractivity contribution in [3.8, 4) is 0 Å². The van der Waals surface area contributed by atoms with Crippen molar-refractivity contribution in [1.82, 2.24) is 10.2 Å². The summed E-state index contributed by atoms with van der Waals surface area (Å²) in [4.78, 5) is 2.55. The fourth-order valence-electron chi connectivity index (χ4n) is 1.74. The van der Waals surface area contributed by atoms with Crippen molar-refractivity contribution in [3.63, 3.8) is 0 Å². The zero-order valence-corrected chi connectivity index (χ0v) is 8.03. The van der Waals surface area contributed by atoms with E-state index in [4.69, 9.17) is 0 Å². The summed E-state index contributed by atoms with van der Waals surface area (Å²) in [7, 11) is 0. The quantitative estimate of drug-likeness (QED) is 0.634. The number of thioether (sulfide) groups is 1. The summed E-state index contributed by atoms with van der Waals surface area (Å²) >= 11 is 2.05. The minimum atomic E-state index is 0.641. The molecular formula is C8H16N2S. The number of nitrogens with zero attached hydrogens (tertiary/aromatic N) is 1. The highest BCUT2D eigenvalue weighted by molar-refractivity contribution is 8.00. The monoisotopic (exact) mass is 172 g/mol. The van der Waals surface area contributed by atoms with Crippen LogP contribution in [0.1, 0.15) is 13.8 Å². The summed E-state index contributed by atoms with van der Waals surface area (Å²) in [5.41, 5.74) is 0.641. The Bertz CT molecular complexity index is 137. The smallest absolute Gasteiger partial charge is 0.108 e. The van der Waals surface area contributed by atoms with E-state index >= 15 is 0 Å². The molecule has 1 N–H and O–H groups in total. The van der Waals surface area contributed by atoms with Gasteiger partial charge in [0.15, 0.2) is 0 Å². The molecule has 0 saturated carbocycles. The van der Waals surface area contributed by atoms with Crippen LogP contribution in [0.15, 0.2) is 0 Å². The molecule has 0 amide bonds. The standard InChI is InChI=1S/C8H16N2S/c1-6(2)7-5-10-3-4-11-8(10)9-7/h6-9H,3-5H2,1-2H3. The van der Waals surface area contributed by atoms with Crippen LogP contribution in [-0.2, 0) is 0 Å². The van der Waals surface area contributed by atoms with Gasteiger partial charge in [0, 0.05) is 24.9 Å². The lowest BCUT2D eigenvalue weighted by Crippen LogP contribution is -2.32. The Labute approximate surface area is 72.7 Å². The number of fused-ring (bicyclic) bond motifs is 1. The molecule has 2 aliphatic heterocycles. The third-order valence-corrected chi connectivity index (χ3v) is 3.75. The van der Waals surface area contributed by atoms with Gasteiger partial charge < -0.3 is 0 Å². The van der Waals surface area contributed by atoms with Gasteiger partial charge in [-0.25, -0.2) is 0 Å². The van der Waals surface area contributed by atoms with Gasteiger partial charge in [0.2, 0.25) is 0 Å². The van der Waals surface area contributed by atoms with Crippen LogP contribution < -0.4 is 5.32 Å². The Morgan fingerprint density at radius 2 is 2.36 bits per heavy atom. The molecule has 2 aliphatic rings. The number of nitrogens with one attached hydrogen (secondary N) is 1. The van der Waals surface area contributed by atoms with Crippen LogP contribution in [0.5, 0.6) is 0 Å². The molecule has 3 heteroatoms. The topological polar surface area (TPSA) is 15.3 Å². The maximum atomic E-state index is 3.64. The predicted octanol–water partition coefficient (Wildman–Crippen LogP) is 0.947. The summed E-state index contributed by atoms with van der Waals surface area (Å²) in [6.45, 7) is 7.13. The number of hydrogen-bond donors (Lipinski definition) is 1. The molecule has 0 radical (unpaired) electrons. The van der Waals surface area contributed by atoms with Crippen molar-refractivity contribution in [2.24, 2.45) is 5.92 Å². The highest BCUT2D eigenvalue weighted by Crippen LogP contribution is 2.28. The molecule has 2 heterocycles. The lowest BCUT2D eigenvalue weighted by Gasteiger charge is -2.14. The Balaban J connectivity index is 1.94. The number of rotatable bonds is 1. The second kappa shape index (κ2) is 2.96. The third-order valence-electron chi connectivity index (χ3n) is 2.58. The van der Waals surface area contributed by atoms with Crippen molar-refractivity contribution in [1.29, 1.82) is 0 Å². The second-order valence-electron chi connectivity index (χ2n) is 3.74. The first kappa shape index (κ1) is 7.90. The van der Waals surface area contributed by atoms with Crippen LogP contribution in [0.4, 0.5) is 0 Å². The van der Waals surface area contributed by atoms with E-state index in [9.17, 15) is 0 Å². The molecule has 0 aromatic heterocycles. The predicted molar refractivity (Wildman–Crippen MR) is 49.6 cm³/mol. The van der Waals surface area contributed by atoms with Gasteiger partial charge >= 0.3 is 0 Å². The van der Waals surface area contributed by atoms with Crippen LogP contribution in [-0.4, -0.2) is 35.3 Å². The third kappa shape index (κ3) is 1.42. The molecule has 2 unspecified atom stereocenters. The Hall–Kier alpha value is 0.270. The van der Waals surface area contributed by atoms with Crippen LogP contribution >= 0.6 is 11.8 Å². The molecule has 2 saturated heterocycles. The minimum absolute atomic E-state index is 0.641. The van der Waals surface area contributed by atoms with Gasteiger partial charge in [0.1, 0.15) is 5.50 Å². The first-order valence-corrected chi connectivity index (χ1v) is 5.44. The largest absolute Gasteiger partial charge is 0.289 e. The summed E-state index contributed by atoms with van der Waals surface area (Å²) in [6.07, 6.45) is 0. The first-order chi connectivity index (χ1) is 5.27. The van der Waals surface area contributed by atoms with Crippen molar-refractivity contribution < 1.29 is 0 Å². The van der Waals surface area contributed by atoms with Gasteiger partial charge in [-0.15, -0.1) is 11.8 Å². The molecule has 0 bridgehead atoms. The van der Waals surface area contributed by atoms with E-state index in [1.165, 1.54) is 18.8 Å². The van der Waals surface area contributed by atoms with Crippen LogP contribution in [0, 0.1) is 5.92 Å². The molecule has 0 aliphatic carbocycles. The van der Waals surface area contributed by atoms with Crippen LogP contribution in [0.3, 0.4) is 0 Å². The molecule has 2 atom stereocenters. The Kier molecular flexibility index (Phi) is 2.12. The zero-order valence-electron chi connectivity index (χ0n) is 7.21. The minimum Gasteiger partial charge on any atom is -0.289 e. The molecule has 2 rings (SSSR count). The average Bonchev–Trinajstić information content (AvgIpc) is 2.40. The van der Waals surface area contributed by atoms with Gasteiger partial charge in [0.25, 0.3) is 0 Å². The average molecular weight is 172 g/mol. The van der Waals surface area contributed by atoms with Gasteiger partial charge in [-0.1, -0.05) is 13.8 Å². The van der Waals surface area contributed by atoms with E-state index in [1.54, 1.807) is 0 Å². The van der Waals surface area contributed by atoms with E-state index in [0.717, 1.165) is 12.0 Å². The first-order valence-electron chi connectivity index (χ1n) is 4.39. The molecule has 64 valence electrons.